The summed E-state index contributed by atoms with van der Waals surface area (Å²) in [5, 5.41) is 0. The Kier molecular flexibility index (Phi) is 13.4. The van der Waals surface area contributed by atoms with Gasteiger partial charge in [-0.3, -0.25) is 0 Å². The van der Waals surface area contributed by atoms with Crippen LogP contribution in [0.2, 0.25) is 0 Å². The summed E-state index contributed by atoms with van der Waals surface area (Å²) in [5.74, 6) is -0.563. The molecule has 1 nitrogen and oxygen atoms in total. The Morgan fingerprint density at radius 2 is 1.00 bits per heavy atom. The van der Waals surface area contributed by atoms with Crippen LogP contribution in [-0.2, 0) is 6.42 Å². The Hall–Kier alpha value is -2.68. The predicted molar refractivity (Wildman–Crippen MR) is 158 cm³/mol. The van der Waals surface area contributed by atoms with Crippen molar-refractivity contribution in [3.63, 3.8) is 0 Å². The van der Waals surface area contributed by atoms with Crippen LogP contribution in [0.4, 0.5) is 8.78 Å². The fourth-order valence-corrected chi connectivity index (χ4v) is 4.94. The minimum Gasteiger partial charge on any atom is -0.494 e. The smallest absolute Gasteiger partial charge is 0.166 e. The highest BCUT2D eigenvalue weighted by molar-refractivity contribution is 5.71. The van der Waals surface area contributed by atoms with Gasteiger partial charge >= 0.3 is 0 Å². The lowest BCUT2D eigenvalue weighted by molar-refractivity contribution is 0.304. The SMILES string of the molecule is CCCCCCCCCc1ccc(-c2ccc(-c3ccc(OCCCCCCCC)cc3)cc2)c(F)c1F. The molecule has 3 aromatic rings. The maximum absolute atomic E-state index is 14.9. The summed E-state index contributed by atoms with van der Waals surface area (Å²) in [5.41, 5.74) is 3.59. The topological polar surface area (TPSA) is 9.23 Å². The molecule has 0 aliphatic rings. The van der Waals surface area contributed by atoms with E-state index in [4.69, 9.17) is 4.74 Å². The van der Waals surface area contributed by atoms with E-state index in [0.29, 0.717) is 23.1 Å². The van der Waals surface area contributed by atoms with E-state index in [9.17, 15) is 8.78 Å². The number of aryl methyl sites for hydroxylation is 1. The molecule has 0 atom stereocenters. The maximum atomic E-state index is 14.9. The van der Waals surface area contributed by atoms with E-state index in [-0.39, 0.29) is 0 Å². The first-order chi connectivity index (χ1) is 18.6. The lowest BCUT2D eigenvalue weighted by Gasteiger charge is -2.10. The van der Waals surface area contributed by atoms with Crippen LogP contribution in [0.25, 0.3) is 22.3 Å². The van der Waals surface area contributed by atoms with E-state index in [2.05, 4.69) is 13.8 Å². The zero-order valence-corrected chi connectivity index (χ0v) is 23.5. The van der Waals surface area contributed by atoms with Gasteiger partial charge in [-0.15, -0.1) is 0 Å². The monoisotopic (exact) mass is 520 g/mol. The molecule has 0 saturated carbocycles. The molecule has 0 heterocycles. The second kappa shape index (κ2) is 17.0. The summed E-state index contributed by atoms with van der Waals surface area (Å²) in [6, 6.07) is 19.2. The summed E-state index contributed by atoms with van der Waals surface area (Å²) in [4.78, 5) is 0. The summed E-state index contributed by atoms with van der Waals surface area (Å²) >= 11 is 0. The average Bonchev–Trinajstić information content (AvgIpc) is 2.95. The summed E-state index contributed by atoms with van der Waals surface area (Å²) in [6.07, 6.45) is 16.3. The van der Waals surface area contributed by atoms with Crippen LogP contribution in [0, 0.1) is 11.6 Å². The highest BCUT2D eigenvalue weighted by Crippen LogP contribution is 2.30. The van der Waals surface area contributed by atoms with Gasteiger partial charge in [-0.1, -0.05) is 133 Å². The van der Waals surface area contributed by atoms with Crippen molar-refractivity contribution in [3.05, 3.63) is 77.9 Å². The molecule has 3 rings (SSSR count). The van der Waals surface area contributed by atoms with E-state index >= 15 is 0 Å². The van der Waals surface area contributed by atoms with E-state index in [1.165, 1.54) is 64.2 Å². The normalized spacial score (nSPS) is 11.2. The van der Waals surface area contributed by atoms with Gasteiger partial charge < -0.3 is 4.74 Å². The maximum Gasteiger partial charge on any atom is 0.166 e. The molecule has 38 heavy (non-hydrogen) atoms. The van der Waals surface area contributed by atoms with Crippen molar-refractivity contribution in [2.75, 3.05) is 6.61 Å². The largest absolute Gasteiger partial charge is 0.494 e. The standard InChI is InChI=1S/C35H46F2O/c1-3-5-7-9-11-12-14-16-31-23-26-33(35(37)34(31)36)30-19-17-28(18-20-30)29-21-24-32(25-22-29)38-27-15-13-10-8-6-4-2/h17-26H,3-16,27H2,1-2H3. The number of ether oxygens (including phenoxy) is 1. The summed E-state index contributed by atoms with van der Waals surface area (Å²) in [6.45, 7) is 5.19. The molecule has 0 aliphatic carbocycles. The molecule has 0 saturated heterocycles. The van der Waals surface area contributed by atoms with Crippen LogP contribution in [0.3, 0.4) is 0 Å². The van der Waals surface area contributed by atoms with Gasteiger partial charge in [0.1, 0.15) is 5.75 Å². The Bertz CT molecular complexity index is 1060. The van der Waals surface area contributed by atoms with Gasteiger partial charge in [0.2, 0.25) is 0 Å². The molecular formula is C35H46F2O. The second-order valence-electron chi connectivity index (χ2n) is 10.5. The number of benzene rings is 3. The fourth-order valence-electron chi connectivity index (χ4n) is 4.94. The van der Waals surface area contributed by atoms with E-state index < -0.39 is 11.6 Å². The van der Waals surface area contributed by atoms with Crippen molar-refractivity contribution in [2.24, 2.45) is 0 Å². The van der Waals surface area contributed by atoms with Crippen LogP contribution in [0.15, 0.2) is 60.7 Å². The lowest BCUT2D eigenvalue weighted by Crippen LogP contribution is -1.98. The third kappa shape index (κ3) is 9.57. The second-order valence-corrected chi connectivity index (χ2v) is 10.5. The van der Waals surface area contributed by atoms with Crippen LogP contribution < -0.4 is 4.74 Å². The van der Waals surface area contributed by atoms with E-state index in [1.807, 2.05) is 48.5 Å². The van der Waals surface area contributed by atoms with Gasteiger partial charge in [0.25, 0.3) is 0 Å². The molecule has 0 unspecified atom stereocenters. The van der Waals surface area contributed by atoms with Gasteiger partial charge in [0.15, 0.2) is 11.6 Å². The number of rotatable bonds is 18. The molecule has 0 fully saturated rings. The van der Waals surface area contributed by atoms with Crippen molar-refractivity contribution in [3.8, 4) is 28.0 Å². The number of unbranched alkanes of at least 4 members (excludes halogenated alkanes) is 11. The van der Waals surface area contributed by atoms with Gasteiger partial charge in [-0.2, -0.15) is 0 Å². The average molecular weight is 521 g/mol. The van der Waals surface area contributed by atoms with Crippen LogP contribution in [-0.4, -0.2) is 6.61 Å². The molecule has 206 valence electrons. The van der Waals surface area contributed by atoms with Crippen LogP contribution in [0.1, 0.15) is 103 Å². The molecule has 0 aromatic heterocycles. The summed E-state index contributed by atoms with van der Waals surface area (Å²) < 4.78 is 35.6. The number of hydrogen-bond acceptors (Lipinski definition) is 1. The molecular weight excluding hydrogens is 474 g/mol. The lowest BCUT2D eigenvalue weighted by atomic mass is 9.97. The van der Waals surface area contributed by atoms with Gasteiger partial charge in [-0.05, 0) is 53.6 Å². The first kappa shape index (κ1) is 29.9. The minimum atomic E-state index is -0.745. The molecule has 0 spiro atoms. The molecule has 0 amide bonds. The van der Waals surface area contributed by atoms with Crippen molar-refractivity contribution in [2.45, 2.75) is 104 Å². The van der Waals surface area contributed by atoms with Gasteiger partial charge in [0.05, 0.1) is 6.61 Å². The van der Waals surface area contributed by atoms with Crippen molar-refractivity contribution in [1.82, 2.24) is 0 Å². The quantitative estimate of drug-likeness (QED) is 0.152. The van der Waals surface area contributed by atoms with E-state index in [0.717, 1.165) is 42.7 Å². The summed E-state index contributed by atoms with van der Waals surface area (Å²) in [7, 11) is 0. The van der Waals surface area contributed by atoms with Gasteiger partial charge in [-0.25, -0.2) is 8.78 Å². The predicted octanol–water partition coefficient (Wildman–Crippen LogP) is 11.3. The van der Waals surface area contributed by atoms with Crippen molar-refractivity contribution < 1.29 is 13.5 Å². The molecule has 0 N–H and O–H groups in total. The molecule has 3 heteroatoms. The third-order valence-electron chi connectivity index (χ3n) is 7.36. The Balaban J connectivity index is 1.51. The fraction of sp³-hybridized carbons (Fsp3) is 0.486. The molecule has 0 aliphatic heterocycles. The van der Waals surface area contributed by atoms with Crippen molar-refractivity contribution in [1.29, 1.82) is 0 Å². The first-order valence-corrected chi connectivity index (χ1v) is 14.9. The molecule has 0 radical (unpaired) electrons. The minimum absolute atomic E-state index is 0.316. The highest BCUT2D eigenvalue weighted by Gasteiger charge is 2.15. The first-order valence-electron chi connectivity index (χ1n) is 14.9. The Morgan fingerprint density at radius 1 is 0.500 bits per heavy atom. The van der Waals surface area contributed by atoms with Crippen molar-refractivity contribution >= 4 is 0 Å². The van der Waals surface area contributed by atoms with Crippen LogP contribution in [0.5, 0.6) is 5.75 Å². The number of hydrogen-bond donors (Lipinski definition) is 0. The Labute approximate surface area is 229 Å². The zero-order valence-electron chi connectivity index (χ0n) is 23.5. The zero-order chi connectivity index (χ0) is 27.0. The van der Waals surface area contributed by atoms with Gasteiger partial charge in [0, 0.05) is 5.56 Å². The molecule has 3 aromatic carbocycles. The number of halogens is 2. The third-order valence-corrected chi connectivity index (χ3v) is 7.36. The van der Waals surface area contributed by atoms with E-state index in [1.54, 1.807) is 12.1 Å². The molecule has 0 bridgehead atoms. The van der Waals surface area contributed by atoms with Crippen LogP contribution >= 0.6 is 0 Å². The Morgan fingerprint density at radius 3 is 1.61 bits per heavy atom. The highest BCUT2D eigenvalue weighted by atomic mass is 19.2.